The number of aromatic amines is 1. The molecule has 2 aromatic rings. The van der Waals surface area contributed by atoms with Gasteiger partial charge in [-0.3, -0.25) is 9.59 Å². The van der Waals surface area contributed by atoms with E-state index in [1.54, 1.807) is 0 Å². The van der Waals surface area contributed by atoms with E-state index in [0.717, 1.165) is 17.0 Å². The van der Waals surface area contributed by atoms with E-state index in [0.29, 0.717) is 38.2 Å². The average Bonchev–Trinajstić information content (AvgIpc) is 3.12. The highest BCUT2D eigenvalue weighted by atomic mass is 16.2. The van der Waals surface area contributed by atoms with E-state index in [1.807, 2.05) is 59.8 Å². The second-order valence-electron chi connectivity index (χ2n) is 6.52. The number of hydrogen-bond acceptors (Lipinski definition) is 2. The Bertz CT molecular complexity index is 751. The van der Waals surface area contributed by atoms with Crippen LogP contribution < -0.4 is 0 Å². The Hall–Kier alpha value is -2.50. The molecule has 1 saturated heterocycles. The van der Waals surface area contributed by atoms with Crippen LogP contribution in [0.2, 0.25) is 0 Å². The summed E-state index contributed by atoms with van der Waals surface area (Å²) in [6.07, 6.45) is 4.12. The molecule has 1 aliphatic rings. The normalized spacial score (nSPS) is 15.0. The van der Waals surface area contributed by atoms with Crippen LogP contribution in [0, 0.1) is 13.8 Å². The Labute approximate surface area is 142 Å². The molecule has 6 nitrogen and oxygen atoms in total. The molecule has 0 bridgehead atoms. The topological polar surface area (TPSA) is 61.3 Å². The van der Waals surface area contributed by atoms with E-state index in [1.165, 1.54) is 0 Å². The zero-order valence-electron chi connectivity index (χ0n) is 14.5. The van der Waals surface area contributed by atoms with Gasteiger partial charge in [-0.05, 0) is 31.5 Å². The largest absolute Gasteiger partial charge is 0.362 e. The third kappa shape index (κ3) is 3.37. The van der Waals surface area contributed by atoms with Crippen molar-refractivity contribution in [2.75, 3.05) is 26.2 Å². The number of nitrogens with zero attached hydrogens (tertiary/aromatic N) is 3. The maximum Gasteiger partial charge on any atom is 0.255 e. The smallest absolute Gasteiger partial charge is 0.255 e. The van der Waals surface area contributed by atoms with Gasteiger partial charge in [0.15, 0.2) is 0 Å². The number of rotatable bonds is 3. The summed E-state index contributed by atoms with van der Waals surface area (Å²) in [7, 11) is 1.90. The molecule has 3 heterocycles. The molecule has 1 N–H and O–H groups in total. The maximum atomic E-state index is 12.5. The van der Waals surface area contributed by atoms with Gasteiger partial charge in [-0.15, -0.1) is 0 Å². The lowest BCUT2D eigenvalue weighted by Gasteiger charge is -2.34. The number of nitrogens with one attached hydrogen (secondary N) is 1. The predicted molar refractivity (Wildman–Crippen MR) is 91.9 cm³/mol. The van der Waals surface area contributed by atoms with Crippen molar-refractivity contribution in [1.82, 2.24) is 19.4 Å². The predicted octanol–water partition coefficient (Wildman–Crippen LogP) is 1.50. The van der Waals surface area contributed by atoms with Crippen LogP contribution in [-0.4, -0.2) is 57.3 Å². The molecule has 24 heavy (non-hydrogen) atoms. The molecular formula is C18H24N4O2. The molecule has 1 aliphatic heterocycles. The van der Waals surface area contributed by atoms with Gasteiger partial charge in [0.2, 0.25) is 5.91 Å². The van der Waals surface area contributed by atoms with Crippen LogP contribution in [0.15, 0.2) is 24.5 Å². The van der Waals surface area contributed by atoms with Crippen molar-refractivity contribution < 1.29 is 9.59 Å². The molecular weight excluding hydrogens is 304 g/mol. The van der Waals surface area contributed by atoms with Crippen molar-refractivity contribution in [3.05, 3.63) is 47.0 Å². The Morgan fingerprint density at radius 1 is 1.12 bits per heavy atom. The van der Waals surface area contributed by atoms with Crippen LogP contribution in [0.3, 0.4) is 0 Å². The van der Waals surface area contributed by atoms with E-state index in [4.69, 9.17) is 0 Å². The van der Waals surface area contributed by atoms with Crippen LogP contribution in [0.5, 0.6) is 0 Å². The summed E-state index contributed by atoms with van der Waals surface area (Å²) >= 11 is 0. The van der Waals surface area contributed by atoms with Gasteiger partial charge in [0.25, 0.3) is 5.91 Å². The summed E-state index contributed by atoms with van der Waals surface area (Å²) in [6, 6.07) is 3.86. The van der Waals surface area contributed by atoms with Crippen molar-refractivity contribution in [3.8, 4) is 0 Å². The minimum Gasteiger partial charge on any atom is -0.362 e. The van der Waals surface area contributed by atoms with Crippen molar-refractivity contribution in [2.45, 2.75) is 20.3 Å². The lowest BCUT2D eigenvalue weighted by atomic mass is 10.1. The van der Waals surface area contributed by atoms with E-state index in [9.17, 15) is 9.59 Å². The number of carbonyl (C=O) groups is 2. The second kappa shape index (κ2) is 6.55. The molecule has 0 radical (unpaired) electrons. The molecule has 0 aliphatic carbocycles. The Morgan fingerprint density at radius 2 is 1.79 bits per heavy atom. The summed E-state index contributed by atoms with van der Waals surface area (Å²) in [5, 5.41) is 0. The van der Waals surface area contributed by atoms with E-state index < -0.39 is 0 Å². The zero-order chi connectivity index (χ0) is 17.3. The van der Waals surface area contributed by atoms with Crippen LogP contribution >= 0.6 is 0 Å². The van der Waals surface area contributed by atoms with E-state index in [2.05, 4.69) is 4.98 Å². The molecule has 2 aromatic heterocycles. The SMILES string of the molecule is Cc1cc(CC(=O)N2CCN(C(=O)c3ccn(C)c3)CC2)c(C)[nH]1. The molecule has 0 spiro atoms. The molecule has 3 rings (SSSR count). The summed E-state index contributed by atoms with van der Waals surface area (Å²) in [6.45, 7) is 6.36. The number of hydrogen-bond donors (Lipinski definition) is 1. The highest BCUT2D eigenvalue weighted by Crippen LogP contribution is 2.14. The molecule has 6 heteroatoms. The first-order valence-electron chi connectivity index (χ1n) is 8.28. The summed E-state index contributed by atoms with van der Waals surface area (Å²) in [4.78, 5) is 31.8. The van der Waals surface area contributed by atoms with Crippen LogP contribution in [0.1, 0.15) is 27.3 Å². The van der Waals surface area contributed by atoms with Gasteiger partial charge in [-0.2, -0.15) is 0 Å². The Kier molecular flexibility index (Phi) is 4.46. The first-order valence-corrected chi connectivity index (χ1v) is 8.28. The number of carbonyl (C=O) groups excluding carboxylic acids is 2. The molecule has 2 amide bonds. The third-order valence-electron chi connectivity index (χ3n) is 4.60. The lowest BCUT2D eigenvalue weighted by Crippen LogP contribution is -2.51. The fourth-order valence-electron chi connectivity index (χ4n) is 3.21. The van der Waals surface area contributed by atoms with Crippen molar-refractivity contribution in [2.24, 2.45) is 7.05 Å². The van der Waals surface area contributed by atoms with Gasteiger partial charge in [-0.1, -0.05) is 0 Å². The van der Waals surface area contributed by atoms with Gasteiger partial charge in [0.05, 0.1) is 12.0 Å². The average molecular weight is 328 g/mol. The summed E-state index contributed by atoms with van der Waals surface area (Å²) < 4.78 is 1.87. The fourth-order valence-corrected chi connectivity index (χ4v) is 3.21. The zero-order valence-corrected chi connectivity index (χ0v) is 14.5. The van der Waals surface area contributed by atoms with Gasteiger partial charge >= 0.3 is 0 Å². The molecule has 0 unspecified atom stereocenters. The molecule has 0 saturated carbocycles. The van der Waals surface area contributed by atoms with Crippen LogP contribution in [0.4, 0.5) is 0 Å². The molecule has 0 aromatic carbocycles. The summed E-state index contributed by atoms with van der Waals surface area (Å²) in [5.74, 6) is 0.170. The minimum atomic E-state index is 0.0415. The van der Waals surface area contributed by atoms with Crippen molar-refractivity contribution in [3.63, 3.8) is 0 Å². The van der Waals surface area contributed by atoms with Gasteiger partial charge < -0.3 is 19.4 Å². The van der Waals surface area contributed by atoms with Gasteiger partial charge in [0, 0.05) is 57.0 Å². The number of piperazine rings is 1. The monoisotopic (exact) mass is 328 g/mol. The second-order valence-corrected chi connectivity index (χ2v) is 6.52. The molecule has 128 valence electrons. The van der Waals surface area contributed by atoms with Crippen molar-refractivity contribution >= 4 is 11.8 Å². The first kappa shape index (κ1) is 16.4. The Morgan fingerprint density at radius 3 is 2.33 bits per heavy atom. The number of H-pyrrole nitrogens is 1. The first-order chi connectivity index (χ1) is 11.4. The van der Waals surface area contributed by atoms with Gasteiger partial charge in [-0.25, -0.2) is 0 Å². The van der Waals surface area contributed by atoms with E-state index >= 15 is 0 Å². The highest BCUT2D eigenvalue weighted by molar-refractivity contribution is 5.94. The number of aryl methyl sites for hydroxylation is 3. The summed E-state index contributed by atoms with van der Waals surface area (Å²) in [5.41, 5.74) is 3.89. The highest BCUT2D eigenvalue weighted by Gasteiger charge is 2.25. The third-order valence-corrected chi connectivity index (χ3v) is 4.60. The number of amides is 2. The van der Waals surface area contributed by atoms with Crippen LogP contribution in [0.25, 0.3) is 0 Å². The van der Waals surface area contributed by atoms with Crippen molar-refractivity contribution in [1.29, 1.82) is 0 Å². The van der Waals surface area contributed by atoms with E-state index in [-0.39, 0.29) is 11.8 Å². The fraction of sp³-hybridized carbons (Fsp3) is 0.444. The Balaban J connectivity index is 1.55. The quantitative estimate of drug-likeness (QED) is 0.928. The number of aromatic nitrogens is 2. The molecule has 0 atom stereocenters. The standard InChI is InChI=1S/C18H24N4O2/c1-13-10-16(14(2)19-13)11-17(23)21-6-8-22(9-7-21)18(24)15-4-5-20(3)12-15/h4-5,10,12,19H,6-9,11H2,1-3H3. The minimum absolute atomic E-state index is 0.0415. The van der Waals surface area contributed by atoms with Crippen LogP contribution in [-0.2, 0) is 18.3 Å². The van der Waals surface area contributed by atoms with Gasteiger partial charge in [0.1, 0.15) is 0 Å². The maximum absolute atomic E-state index is 12.5. The molecule has 1 fully saturated rings. The lowest BCUT2D eigenvalue weighted by molar-refractivity contribution is -0.131.